The summed E-state index contributed by atoms with van der Waals surface area (Å²) in [5.74, 6) is 0.0630. The maximum atomic E-state index is 13.1. The van der Waals surface area contributed by atoms with Gasteiger partial charge >= 0.3 is 0 Å². The third-order valence-corrected chi connectivity index (χ3v) is 6.21. The Balaban J connectivity index is 1.42. The van der Waals surface area contributed by atoms with Crippen molar-refractivity contribution in [3.63, 3.8) is 0 Å². The number of carbonyl (C=O) groups excluding carboxylic acids is 2. The highest BCUT2D eigenvalue weighted by molar-refractivity contribution is 6.05. The predicted molar refractivity (Wildman–Crippen MR) is 127 cm³/mol. The van der Waals surface area contributed by atoms with Crippen molar-refractivity contribution in [1.82, 2.24) is 4.90 Å². The Bertz CT molecular complexity index is 956. The van der Waals surface area contributed by atoms with Gasteiger partial charge in [-0.2, -0.15) is 0 Å². The quantitative estimate of drug-likeness (QED) is 0.694. The summed E-state index contributed by atoms with van der Waals surface area (Å²) in [6.07, 6.45) is 2.34. The van der Waals surface area contributed by atoms with Crippen LogP contribution in [0.15, 0.2) is 48.5 Å². The molecule has 1 unspecified atom stereocenters. The molecule has 0 spiro atoms. The zero-order valence-corrected chi connectivity index (χ0v) is 18.8. The summed E-state index contributed by atoms with van der Waals surface area (Å²) >= 11 is 0. The number of rotatable bonds is 7. The Hall–Kier alpha value is -3.06. The third kappa shape index (κ3) is 5.05. The number of anilines is 3. The van der Waals surface area contributed by atoms with Gasteiger partial charge in [0.25, 0.3) is 0 Å². The molecule has 2 fully saturated rings. The van der Waals surface area contributed by atoms with E-state index in [1.807, 2.05) is 55.5 Å². The molecule has 4 rings (SSSR count). The number of nitrogens with one attached hydrogen (secondary N) is 2. The molecule has 7 heteroatoms. The summed E-state index contributed by atoms with van der Waals surface area (Å²) in [6.45, 7) is 4.91. The summed E-state index contributed by atoms with van der Waals surface area (Å²) in [6, 6.07) is 15.7. The van der Waals surface area contributed by atoms with Gasteiger partial charge in [0, 0.05) is 19.0 Å². The van der Waals surface area contributed by atoms with Crippen LogP contribution in [0.1, 0.15) is 26.2 Å². The van der Waals surface area contributed by atoms with Crippen molar-refractivity contribution in [1.29, 1.82) is 0 Å². The van der Waals surface area contributed by atoms with Crippen LogP contribution >= 0.6 is 0 Å². The van der Waals surface area contributed by atoms with Gasteiger partial charge in [0.05, 0.1) is 29.6 Å². The number of hydrogen-bond acceptors (Lipinski definition) is 5. The maximum absolute atomic E-state index is 13.1. The minimum atomic E-state index is -0.409. The van der Waals surface area contributed by atoms with E-state index in [0.717, 1.165) is 43.0 Å². The van der Waals surface area contributed by atoms with Gasteiger partial charge in [-0.25, -0.2) is 0 Å². The van der Waals surface area contributed by atoms with Crippen molar-refractivity contribution >= 4 is 28.9 Å². The summed E-state index contributed by atoms with van der Waals surface area (Å²) in [5, 5.41) is 6.66. The molecule has 0 saturated carbocycles. The smallest absolute Gasteiger partial charge is 0.229 e. The molecule has 0 aromatic heterocycles. The molecule has 2 saturated heterocycles. The van der Waals surface area contributed by atoms with Crippen LogP contribution in [0.4, 0.5) is 17.1 Å². The van der Waals surface area contributed by atoms with Crippen molar-refractivity contribution in [2.45, 2.75) is 32.2 Å². The Morgan fingerprint density at radius 2 is 1.75 bits per heavy atom. The highest BCUT2D eigenvalue weighted by Crippen LogP contribution is 2.34. The molecule has 2 amide bonds. The first kappa shape index (κ1) is 22.1. The summed E-state index contributed by atoms with van der Waals surface area (Å²) in [5.41, 5.74) is 2.41. The summed E-state index contributed by atoms with van der Waals surface area (Å²) in [4.78, 5) is 29.8. The van der Waals surface area contributed by atoms with E-state index >= 15 is 0 Å². The average molecular weight is 437 g/mol. The highest BCUT2D eigenvalue weighted by Gasteiger charge is 2.36. The minimum Gasteiger partial charge on any atom is -0.492 e. The van der Waals surface area contributed by atoms with Gasteiger partial charge in [-0.3, -0.25) is 9.59 Å². The molecule has 0 bridgehead atoms. The average Bonchev–Trinajstić information content (AvgIpc) is 3.19. The molecule has 7 nitrogen and oxygen atoms in total. The summed E-state index contributed by atoms with van der Waals surface area (Å²) in [7, 11) is 2.14. The molecule has 2 aliphatic heterocycles. The fraction of sp³-hybridized carbons (Fsp3) is 0.440. The summed E-state index contributed by atoms with van der Waals surface area (Å²) < 4.78 is 5.68. The third-order valence-electron chi connectivity index (χ3n) is 6.21. The molecular weight excluding hydrogens is 404 g/mol. The first-order valence-electron chi connectivity index (χ1n) is 11.4. The van der Waals surface area contributed by atoms with Crippen LogP contribution < -0.4 is 20.3 Å². The van der Waals surface area contributed by atoms with Gasteiger partial charge < -0.3 is 25.2 Å². The van der Waals surface area contributed by atoms with Crippen LogP contribution in [0.3, 0.4) is 0 Å². The van der Waals surface area contributed by atoms with Crippen LogP contribution in [0, 0.1) is 5.92 Å². The van der Waals surface area contributed by atoms with E-state index in [-0.39, 0.29) is 18.2 Å². The Morgan fingerprint density at radius 3 is 2.50 bits per heavy atom. The molecule has 2 aromatic rings. The number of para-hydroxylation sites is 4. The molecule has 32 heavy (non-hydrogen) atoms. The first-order valence-corrected chi connectivity index (χ1v) is 11.4. The fourth-order valence-corrected chi connectivity index (χ4v) is 4.40. The van der Waals surface area contributed by atoms with E-state index in [0.29, 0.717) is 24.9 Å². The number of ether oxygens (including phenoxy) is 1. The molecular formula is C25H32N4O3. The number of piperidine rings is 1. The van der Waals surface area contributed by atoms with E-state index in [2.05, 4.69) is 22.6 Å². The van der Waals surface area contributed by atoms with Gasteiger partial charge in [-0.1, -0.05) is 24.3 Å². The van der Waals surface area contributed by atoms with Crippen LogP contribution in [0.5, 0.6) is 5.75 Å². The maximum Gasteiger partial charge on any atom is 0.229 e. The second-order valence-corrected chi connectivity index (χ2v) is 8.56. The Morgan fingerprint density at radius 1 is 1.06 bits per heavy atom. The molecule has 0 radical (unpaired) electrons. The second kappa shape index (κ2) is 10.0. The molecule has 0 aliphatic carbocycles. The predicted octanol–water partition coefficient (Wildman–Crippen LogP) is 3.58. The van der Waals surface area contributed by atoms with Gasteiger partial charge in [-0.05, 0) is 64.2 Å². The lowest BCUT2D eigenvalue weighted by atomic mass is 10.0. The number of benzene rings is 2. The zero-order valence-electron chi connectivity index (χ0n) is 18.8. The standard InChI is InChI=1S/C25H32N4O3/c1-3-32-23-11-7-6-10-22(23)29-17-18(16-24(29)30)25(31)27-21-9-5-4-8-20(21)26-19-12-14-28(2)15-13-19/h4-11,18-19,26H,3,12-17H2,1-2H3,(H,27,31). The molecule has 170 valence electrons. The Labute approximate surface area is 189 Å². The molecule has 2 heterocycles. The van der Waals surface area contributed by atoms with Gasteiger partial charge in [0.1, 0.15) is 5.75 Å². The lowest BCUT2D eigenvalue weighted by molar-refractivity contribution is -0.122. The SMILES string of the molecule is CCOc1ccccc1N1CC(C(=O)Nc2ccccc2NC2CCN(C)CC2)CC1=O. The number of hydrogen-bond donors (Lipinski definition) is 2. The number of carbonyl (C=O) groups is 2. The number of nitrogens with zero attached hydrogens (tertiary/aromatic N) is 2. The van der Waals surface area contributed by atoms with Crippen molar-refractivity contribution < 1.29 is 14.3 Å². The number of amides is 2. The topological polar surface area (TPSA) is 73.9 Å². The lowest BCUT2D eigenvalue weighted by Crippen LogP contribution is -2.37. The molecule has 2 aromatic carbocycles. The van der Waals surface area contributed by atoms with Crippen LogP contribution in [-0.4, -0.2) is 56.0 Å². The normalized spacial score (nSPS) is 19.8. The monoisotopic (exact) mass is 436 g/mol. The van der Waals surface area contributed by atoms with E-state index in [9.17, 15) is 9.59 Å². The fourth-order valence-electron chi connectivity index (χ4n) is 4.40. The largest absolute Gasteiger partial charge is 0.492 e. The molecule has 2 aliphatic rings. The second-order valence-electron chi connectivity index (χ2n) is 8.56. The van der Waals surface area contributed by atoms with Crippen LogP contribution in [-0.2, 0) is 9.59 Å². The highest BCUT2D eigenvalue weighted by atomic mass is 16.5. The van der Waals surface area contributed by atoms with Crippen molar-refractivity contribution in [2.75, 3.05) is 48.8 Å². The van der Waals surface area contributed by atoms with Crippen molar-refractivity contribution in [3.05, 3.63) is 48.5 Å². The van der Waals surface area contributed by atoms with Gasteiger partial charge in [-0.15, -0.1) is 0 Å². The van der Waals surface area contributed by atoms with E-state index in [1.165, 1.54) is 0 Å². The minimum absolute atomic E-state index is 0.0601. The van der Waals surface area contributed by atoms with Gasteiger partial charge in [0.15, 0.2) is 0 Å². The van der Waals surface area contributed by atoms with Gasteiger partial charge in [0.2, 0.25) is 11.8 Å². The zero-order chi connectivity index (χ0) is 22.5. The lowest BCUT2D eigenvalue weighted by Gasteiger charge is -2.30. The molecule has 1 atom stereocenters. The number of likely N-dealkylation sites (tertiary alicyclic amines) is 1. The Kier molecular flexibility index (Phi) is 6.95. The van der Waals surface area contributed by atoms with Crippen LogP contribution in [0.25, 0.3) is 0 Å². The van der Waals surface area contributed by atoms with E-state index in [4.69, 9.17) is 4.74 Å². The van der Waals surface area contributed by atoms with Crippen molar-refractivity contribution in [2.24, 2.45) is 5.92 Å². The molecule has 2 N–H and O–H groups in total. The van der Waals surface area contributed by atoms with Crippen LogP contribution in [0.2, 0.25) is 0 Å². The first-order chi connectivity index (χ1) is 15.5. The van der Waals surface area contributed by atoms with E-state index in [1.54, 1.807) is 4.90 Å². The van der Waals surface area contributed by atoms with E-state index < -0.39 is 5.92 Å². The van der Waals surface area contributed by atoms with Crippen molar-refractivity contribution in [3.8, 4) is 5.75 Å².